The molecular formula is C31H31BrClN5O5. The van der Waals surface area contributed by atoms with Crippen LogP contribution in [-0.2, 0) is 19.2 Å². The fourth-order valence-electron chi connectivity index (χ4n) is 5.78. The van der Waals surface area contributed by atoms with Crippen LogP contribution in [0.25, 0.3) is 10.9 Å². The number of fused-ring (bicyclic) bond motifs is 1. The molecule has 3 aliphatic rings. The van der Waals surface area contributed by atoms with Crippen LogP contribution >= 0.6 is 27.5 Å². The van der Waals surface area contributed by atoms with Gasteiger partial charge in [-0.25, -0.2) is 0 Å². The Labute approximate surface area is 261 Å². The highest BCUT2D eigenvalue weighted by Gasteiger charge is 2.54. The van der Waals surface area contributed by atoms with Gasteiger partial charge >= 0.3 is 0 Å². The van der Waals surface area contributed by atoms with E-state index in [1.807, 2.05) is 37.3 Å². The maximum Gasteiger partial charge on any atom is 0.289 e. The summed E-state index contributed by atoms with van der Waals surface area (Å²) >= 11 is 9.67. The highest BCUT2D eigenvalue weighted by molar-refractivity contribution is 9.10. The van der Waals surface area contributed by atoms with E-state index < -0.39 is 35.3 Å². The first-order valence-corrected chi connectivity index (χ1v) is 15.6. The minimum absolute atomic E-state index is 0.0161. The Morgan fingerprint density at radius 1 is 1.19 bits per heavy atom. The zero-order valence-electron chi connectivity index (χ0n) is 23.5. The Morgan fingerprint density at radius 2 is 2.00 bits per heavy atom. The maximum atomic E-state index is 14.0. The van der Waals surface area contributed by atoms with Crippen LogP contribution in [0.5, 0.6) is 0 Å². The second kappa shape index (κ2) is 11.8. The average Bonchev–Trinajstić information content (AvgIpc) is 3.39. The molecule has 3 amide bonds. The predicted molar refractivity (Wildman–Crippen MR) is 165 cm³/mol. The van der Waals surface area contributed by atoms with Crippen molar-refractivity contribution < 1.29 is 24.0 Å². The molecule has 1 aromatic heterocycles. The molecule has 43 heavy (non-hydrogen) atoms. The van der Waals surface area contributed by atoms with Gasteiger partial charge in [0.15, 0.2) is 5.60 Å². The summed E-state index contributed by atoms with van der Waals surface area (Å²) in [4.78, 5) is 64.1. The van der Waals surface area contributed by atoms with Crippen molar-refractivity contribution in [3.8, 4) is 0 Å². The number of nitrogens with zero attached hydrogens (tertiary/aromatic N) is 2. The number of nitrogens with one attached hydrogen (secondary N) is 3. The molecule has 0 bridgehead atoms. The maximum absolute atomic E-state index is 14.0. The highest BCUT2D eigenvalue weighted by Crippen LogP contribution is 2.40. The lowest BCUT2D eigenvalue weighted by Gasteiger charge is -2.25. The second-order valence-electron chi connectivity index (χ2n) is 11.5. The van der Waals surface area contributed by atoms with E-state index in [0.717, 1.165) is 33.8 Å². The Morgan fingerprint density at radius 3 is 2.74 bits per heavy atom. The second-order valence-corrected chi connectivity index (χ2v) is 12.9. The van der Waals surface area contributed by atoms with Crippen LogP contribution < -0.4 is 10.6 Å². The molecule has 0 unspecified atom stereocenters. The number of hydrogen-bond acceptors (Lipinski definition) is 6. The van der Waals surface area contributed by atoms with Crippen LogP contribution in [0.15, 0.2) is 58.2 Å². The first-order chi connectivity index (χ1) is 20.6. The average molecular weight is 669 g/mol. The number of aromatic amines is 1. The number of likely N-dealkylation sites (tertiary alicyclic amines) is 1. The van der Waals surface area contributed by atoms with Crippen molar-refractivity contribution in [2.24, 2.45) is 5.16 Å². The molecule has 6 rings (SSSR count). The Balaban J connectivity index is 1.27. The predicted octanol–water partition coefficient (Wildman–Crippen LogP) is 4.49. The van der Waals surface area contributed by atoms with E-state index >= 15 is 0 Å². The van der Waals surface area contributed by atoms with Gasteiger partial charge in [0.2, 0.25) is 11.7 Å². The lowest BCUT2D eigenvalue weighted by Crippen LogP contribution is -2.53. The molecule has 0 radical (unpaired) electrons. The zero-order valence-corrected chi connectivity index (χ0v) is 25.8. The molecule has 3 aromatic rings. The van der Waals surface area contributed by atoms with E-state index in [1.165, 1.54) is 4.90 Å². The van der Waals surface area contributed by atoms with E-state index in [0.29, 0.717) is 35.7 Å². The molecule has 12 heteroatoms. The molecule has 1 saturated heterocycles. The van der Waals surface area contributed by atoms with Crippen molar-refractivity contribution in [1.29, 1.82) is 0 Å². The number of H-pyrrole nitrogens is 1. The summed E-state index contributed by atoms with van der Waals surface area (Å²) in [7, 11) is 0. The topological polar surface area (TPSA) is 133 Å². The standard InChI is InChI=1S/C31H31BrClN5O5/c1-2-4-23(27(39)29(41)34-21-8-9-21)36-28(40)26-15-31(14-25(37-43-31)17-5-3-6-20(33)12-17)16-38(26)30(42)24-13-18-11-19(32)7-10-22(18)35-24/h3,5-7,10-13,21,23,26,35H,2,4,8-9,14-16H2,1H3,(H,34,41)(H,36,40)/t23-,26-,31+/m0/s1. The number of ketones is 1. The zero-order chi connectivity index (χ0) is 30.3. The number of rotatable bonds is 9. The fraction of sp³-hybridized carbons (Fsp3) is 0.387. The van der Waals surface area contributed by atoms with Crippen molar-refractivity contribution in [1.82, 2.24) is 20.5 Å². The lowest BCUT2D eigenvalue weighted by molar-refractivity contribution is -0.140. The van der Waals surface area contributed by atoms with Crippen LogP contribution in [0.1, 0.15) is 61.5 Å². The Bertz CT molecular complexity index is 1650. The third-order valence-corrected chi connectivity index (χ3v) is 8.85. The molecule has 3 atom stereocenters. The summed E-state index contributed by atoms with van der Waals surface area (Å²) in [6.45, 7) is 1.98. The van der Waals surface area contributed by atoms with Crippen molar-refractivity contribution >= 4 is 67.7 Å². The monoisotopic (exact) mass is 667 g/mol. The van der Waals surface area contributed by atoms with Gasteiger partial charge in [0, 0.05) is 44.8 Å². The smallest absolute Gasteiger partial charge is 0.289 e. The minimum Gasteiger partial charge on any atom is -0.387 e. The molecular weight excluding hydrogens is 638 g/mol. The molecule has 1 spiro atoms. The summed E-state index contributed by atoms with van der Waals surface area (Å²) in [6, 6.07) is 12.7. The van der Waals surface area contributed by atoms with Gasteiger partial charge in [0.25, 0.3) is 11.8 Å². The molecule has 2 aliphatic heterocycles. The number of halogens is 2. The summed E-state index contributed by atoms with van der Waals surface area (Å²) in [5.74, 6) is -2.28. The number of aromatic nitrogens is 1. The quantitative estimate of drug-likeness (QED) is 0.289. The highest BCUT2D eigenvalue weighted by atomic mass is 79.9. The van der Waals surface area contributed by atoms with Crippen LogP contribution in [0, 0.1) is 0 Å². The normalized spacial score (nSPS) is 21.9. The largest absolute Gasteiger partial charge is 0.387 e. The van der Waals surface area contributed by atoms with E-state index in [9.17, 15) is 19.2 Å². The number of carbonyl (C=O) groups excluding carboxylic acids is 4. The summed E-state index contributed by atoms with van der Waals surface area (Å²) in [5.41, 5.74) is 1.62. The number of hydrogen-bond donors (Lipinski definition) is 3. The number of amides is 3. The van der Waals surface area contributed by atoms with E-state index in [1.54, 1.807) is 18.2 Å². The fourth-order valence-corrected chi connectivity index (χ4v) is 6.34. The van der Waals surface area contributed by atoms with E-state index in [4.69, 9.17) is 16.4 Å². The molecule has 2 fully saturated rings. The van der Waals surface area contributed by atoms with Gasteiger partial charge in [-0.1, -0.05) is 58.2 Å². The van der Waals surface area contributed by atoms with Crippen molar-refractivity contribution in [2.45, 2.75) is 69.2 Å². The van der Waals surface area contributed by atoms with Crippen LogP contribution in [-0.4, -0.2) is 69.4 Å². The van der Waals surface area contributed by atoms with Crippen molar-refractivity contribution in [2.75, 3.05) is 6.54 Å². The minimum atomic E-state index is -1.00. The third kappa shape index (κ3) is 6.19. The number of oxime groups is 1. The van der Waals surface area contributed by atoms with Gasteiger partial charge in [0.1, 0.15) is 11.7 Å². The SMILES string of the molecule is CCC[C@H](NC(=O)[C@@H]1C[C@]2(CC(c3cccc(Cl)c3)=NO2)CN1C(=O)c1cc2cc(Br)ccc2[nH]1)C(=O)C(=O)NC1CC1. The summed E-state index contributed by atoms with van der Waals surface area (Å²) in [6.07, 6.45) is 3.08. The van der Waals surface area contributed by atoms with E-state index in [-0.39, 0.29) is 24.9 Å². The van der Waals surface area contributed by atoms with Gasteiger partial charge < -0.3 is 25.4 Å². The lowest BCUT2D eigenvalue weighted by atomic mass is 9.91. The first kappa shape index (κ1) is 29.4. The Kier molecular flexibility index (Phi) is 8.04. The van der Waals surface area contributed by atoms with Gasteiger partial charge in [-0.2, -0.15) is 0 Å². The number of carbonyl (C=O) groups is 4. The number of Topliss-reactive ketones (excluding diaryl/α,β-unsaturated/α-hetero) is 1. The van der Waals surface area contributed by atoms with Crippen LogP contribution in [0.3, 0.4) is 0 Å². The van der Waals surface area contributed by atoms with Gasteiger partial charge in [0.05, 0.1) is 18.3 Å². The van der Waals surface area contributed by atoms with Gasteiger partial charge in [-0.3, -0.25) is 19.2 Å². The number of benzene rings is 2. The summed E-state index contributed by atoms with van der Waals surface area (Å²) in [5, 5.41) is 11.2. The van der Waals surface area contributed by atoms with Crippen LogP contribution in [0.2, 0.25) is 5.02 Å². The first-order valence-electron chi connectivity index (χ1n) is 14.4. The molecule has 3 heterocycles. The van der Waals surface area contributed by atoms with Gasteiger partial charge in [-0.05, 0) is 55.7 Å². The Hall–Kier alpha value is -3.70. The van der Waals surface area contributed by atoms with Crippen LogP contribution in [0.4, 0.5) is 0 Å². The molecule has 1 saturated carbocycles. The molecule has 3 N–H and O–H groups in total. The van der Waals surface area contributed by atoms with Crippen molar-refractivity contribution in [3.63, 3.8) is 0 Å². The summed E-state index contributed by atoms with van der Waals surface area (Å²) < 4.78 is 0.873. The van der Waals surface area contributed by atoms with Gasteiger partial charge in [-0.15, -0.1) is 0 Å². The van der Waals surface area contributed by atoms with Crippen molar-refractivity contribution in [3.05, 3.63) is 69.3 Å². The third-order valence-electron chi connectivity index (χ3n) is 8.12. The molecule has 10 nitrogen and oxygen atoms in total. The molecule has 2 aromatic carbocycles. The molecule has 1 aliphatic carbocycles. The van der Waals surface area contributed by atoms with E-state index in [2.05, 4.69) is 36.7 Å². The molecule has 224 valence electrons.